The van der Waals surface area contributed by atoms with Crippen molar-refractivity contribution >= 4 is 5.97 Å². The lowest BCUT2D eigenvalue weighted by Gasteiger charge is -2.07. The highest BCUT2D eigenvalue weighted by Gasteiger charge is 2.11. The fourth-order valence-corrected chi connectivity index (χ4v) is 1.25. The first-order valence-electron chi connectivity index (χ1n) is 5.23. The molecular weight excluding hydrogens is 218 g/mol. The highest BCUT2D eigenvalue weighted by Crippen LogP contribution is 2.13. The number of nitrogens with two attached hydrogens (primary N) is 1. The zero-order chi connectivity index (χ0) is 12.7. The molecule has 0 radical (unpaired) electrons. The number of carboxylic acid groups (broad SMARTS) is 1. The van der Waals surface area contributed by atoms with Crippen molar-refractivity contribution in [2.24, 2.45) is 5.73 Å². The van der Waals surface area contributed by atoms with Gasteiger partial charge in [-0.2, -0.15) is 0 Å². The topological polar surface area (TPSA) is 72.5 Å². The normalized spacial score (nSPS) is 11.2. The summed E-state index contributed by atoms with van der Waals surface area (Å²) < 4.78 is 5.33. The predicted molar refractivity (Wildman–Crippen MR) is 64.7 cm³/mol. The van der Waals surface area contributed by atoms with E-state index in [0.29, 0.717) is 18.8 Å². The highest BCUT2D eigenvalue weighted by atomic mass is 16.5. The second kappa shape index (κ2) is 6.56. The van der Waals surface area contributed by atoms with Crippen LogP contribution in [0.4, 0.5) is 0 Å². The van der Waals surface area contributed by atoms with Crippen LogP contribution >= 0.6 is 0 Å². The van der Waals surface area contributed by atoms with E-state index < -0.39 is 12.0 Å². The van der Waals surface area contributed by atoms with Gasteiger partial charge in [-0.15, -0.1) is 5.92 Å². The summed E-state index contributed by atoms with van der Waals surface area (Å²) in [6, 6.07) is 6.30. The summed E-state index contributed by atoms with van der Waals surface area (Å²) in [6.07, 6.45) is 0.310. The Bertz CT molecular complexity index is 428. The number of rotatable bonds is 5. The number of hydrogen-bond acceptors (Lipinski definition) is 3. The number of carboxylic acids is 1. The molecule has 1 rings (SSSR count). The third-order valence-corrected chi connectivity index (χ3v) is 2.18. The largest absolute Gasteiger partial charge is 0.481 e. The quantitative estimate of drug-likeness (QED) is 0.745. The van der Waals surface area contributed by atoms with Gasteiger partial charge in [0.15, 0.2) is 0 Å². The van der Waals surface area contributed by atoms with E-state index >= 15 is 0 Å². The second-order valence-corrected chi connectivity index (χ2v) is 3.51. The van der Waals surface area contributed by atoms with Gasteiger partial charge in [0, 0.05) is 0 Å². The van der Waals surface area contributed by atoms with E-state index in [4.69, 9.17) is 15.6 Å². The highest BCUT2D eigenvalue weighted by molar-refractivity contribution is 5.73. The van der Waals surface area contributed by atoms with Gasteiger partial charge in [0.1, 0.15) is 18.4 Å². The minimum Gasteiger partial charge on any atom is -0.481 e. The summed E-state index contributed by atoms with van der Waals surface area (Å²) in [5, 5.41) is 8.68. The Morgan fingerprint density at radius 3 is 2.65 bits per heavy atom. The van der Waals surface area contributed by atoms with E-state index in [2.05, 4.69) is 11.8 Å². The van der Waals surface area contributed by atoms with Crippen molar-refractivity contribution in [3.8, 4) is 17.6 Å². The van der Waals surface area contributed by atoms with Crippen LogP contribution in [0.3, 0.4) is 0 Å². The maximum absolute atomic E-state index is 10.6. The molecule has 0 saturated heterocycles. The minimum absolute atomic E-state index is 0.310. The summed E-state index contributed by atoms with van der Waals surface area (Å²) in [4.78, 5) is 10.6. The zero-order valence-electron chi connectivity index (χ0n) is 9.64. The van der Waals surface area contributed by atoms with Crippen LogP contribution in [0.5, 0.6) is 5.75 Å². The van der Waals surface area contributed by atoms with Crippen LogP contribution in [-0.4, -0.2) is 23.7 Å². The van der Waals surface area contributed by atoms with Gasteiger partial charge in [0.25, 0.3) is 0 Å². The molecule has 1 atom stereocenters. The van der Waals surface area contributed by atoms with Gasteiger partial charge in [-0.25, -0.2) is 0 Å². The molecule has 0 bridgehead atoms. The van der Waals surface area contributed by atoms with Crippen LogP contribution in [0.25, 0.3) is 0 Å². The molecule has 4 heteroatoms. The van der Waals surface area contributed by atoms with Crippen molar-refractivity contribution in [3.05, 3.63) is 29.8 Å². The number of benzene rings is 1. The summed E-state index contributed by atoms with van der Waals surface area (Å²) in [5.74, 6) is 5.23. The fourth-order valence-electron chi connectivity index (χ4n) is 1.25. The lowest BCUT2D eigenvalue weighted by molar-refractivity contribution is -0.138. The Labute approximate surface area is 100 Å². The third kappa shape index (κ3) is 4.58. The zero-order valence-corrected chi connectivity index (χ0v) is 9.64. The smallest absolute Gasteiger partial charge is 0.320 e. The van der Waals surface area contributed by atoms with Gasteiger partial charge in [0.2, 0.25) is 0 Å². The number of ether oxygens (including phenoxy) is 1. The standard InChI is InChI=1S/C13H15NO3/c1-2-3-8-17-11-6-4-10(5-7-11)9-12(14)13(15)16/h4-7,12H,8-9,14H2,1H3,(H,15,16). The van der Waals surface area contributed by atoms with Gasteiger partial charge in [-0.3, -0.25) is 4.79 Å². The molecule has 0 fully saturated rings. The van der Waals surface area contributed by atoms with Crippen molar-refractivity contribution in [2.45, 2.75) is 19.4 Å². The maximum atomic E-state index is 10.6. The molecule has 0 aliphatic heterocycles. The van der Waals surface area contributed by atoms with Crippen molar-refractivity contribution in [3.63, 3.8) is 0 Å². The average Bonchev–Trinajstić information content (AvgIpc) is 2.31. The SMILES string of the molecule is CC#CCOc1ccc(CC(N)C(=O)O)cc1. The molecule has 0 heterocycles. The van der Waals surface area contributed by atoms with Crippen LogP contribution in [0.2, 0.25) is 0 Å². The summed E-state index contributed by atoms with van der Waals surface area (Å²) >= 11 is 0. The lowest BCUT2D eigenvalue weighted by atomic mass is 10.1. The van der Waals surface area contributed by atoms with E-state index in [1.165, 1.54) is 0 Å². The molecule has 0 aromatic heterocycles. The minimum atomic E-state index is -0.997. The Balaban J connectivity index is 2.54. The summed E-state index contributed by atoms with van der Waals surface area (Å²) in [6.45, 7) is 2.10. The molecule has 1 aromatic carbocycles. The van der Waals surface area contributed by atoms with E-state index in [9.17, 15) is 4.79 Å². The lowest BCUT2D eigenvalue weighted by Crippen LogP contribution is -2.32. The van der Waals surface area contributed by atoms with Crippen molar-refractivity contribution < 1.29 is 14.6 Å². The molecule has 4 nitrogen and oxygen atoms in total. The van der Waals surface area contributed by atoms with Gasteiger partial charge in [-0.05, 0) is 31.0 Å². The van der Waals surface area contributed by atoms with Gasteiger partial charge < -0.3 is 15.6 Å². The molecule has 3 N–H and O–H groups in total. The molecule has 0 spiro atoms. The van der Waals surface area contributed by atoms with Crippen LogP contribution in [-0.2, 0) is 11.2 Å². The van der Waals surface area contributed by atoms with Gasteiger partial charge >= 0.3 is 5.97 Å². The van der Waals surface area contributed by atoms with Crippen LogP contribution < -0.4 is 10.5 Å². The number of aliphatic carboxylic acids is 1. The van der Waals surface area contributed by atoms with Crippen molar-refractivity contribution in [1.82, 2.24) is 0 Å². The Morgan fingerprint density at radius 1 is 1.47 bits per heavy atom. The average molecular weight is 233 g/mol. The number of hydrogen-bond donors (Lipinski definition) is 2. The van der Waals surface area contributed by atoms with Gasteiger partial charge in [-0.1, -0.05) is 18.1 Å². The Hall–Kier alpha value is -1.99. The second-order valence-electron chi connectivity index (χ2n) is 3.51. The number of carbonyl (C=O) groups is 1. The Morgan fingerprint density at radius 2 is 2.12 bits per heavy atom. The van der Waals surface area contributed by atoms with Crippen LogP contribution in [0.1, 0.15) is 12.5 Å². The molecule has 0 amide bonds. The van der Waals surface area contributed by atoms with E-state index in [1.807, 2.05) is 0 Å². The van der Waals surface area contributed by atoms with Crippen molar-refractivity contribution in [1.29, 1.82) is 0 Å². The summed E-state index contributed by atoms with van der Waals surface area (Å²) in [5.41, 5.74) is 6.31. The molecule has 90 valence electrons. The fraction of sp³-hybridized carbons (Fsp3) is 0.308. The Kier molecular flexibility index (Phi) is 5.05. The molecule has 1 aromatic rings. The van der Waals surface area contributed by atoms with Crippen LogP contribution in [0, 0.1) is 11.8 Å². The van der Waals surface area contributed by atoms with Crippen LogP contribution in [0.15, 0.2) is 24.3 Å². The first kappa shape index (κ1) is 13.1. The molecule has 0 aliphatic carbocycles. The third-order valence-electron chi connectivity index (χ3n) is 2.18. The molecule has 0 saturated carbocycles. The predicted octanol–water partition coefficient (Wildman–Crippen LogP) is 1.04. The monoisotopic (exact) mass is 233 g/mol. The van der Waals surface area contributed by atoms with E-state index in [0.717, 1.165) is 5.56 Å². The summed E-state index contributed by atoms with van der Waals surface area (Å²) in [7, 11) is 0. The van der Waals surface area contributed by atoms with Crippen molar-refractivity contribution in [2.75, 3.05) is 6.61 Å². The van der Waals surface area contributed by atoms with E-state index in [1.54, 1.807) is 31.2 Å². The van der Waals surface area contributed by atoms with Gasteiger partial charge in [0.05, 0.1) is 0 Å². The first-order chi connectivity index (χ1) is 8.13. The molecule has 17 heavy (non-hydrogen) atoms. The van der Waals surface area contributed by atoms with E-state index in [-0.39, 0.29) is 0 Å². The first-order valence-corrected chi connectivity index (χ1v) is 5.23. The molecular formula is C13H15NO3. The molecule has 0 aliphatic rings. The molecule has 1 unspecified atom stereocenters. The maximum Gasteiger partial charge on any atom is 0.320 e.